The Morgan fingerprint density at radius 2 is 2.33 bits per heavy atom. The van der Waals surface area contributed by atoms with Crippen LogP contribution in [0.5, 0.6) is 0 Å². The van der Waals surface area contributed by atoms with Crippen molar-refractivity contribution < 1.29 is 0 Å². The van der Waals surface area contributed by atoms with Crippen molar-refractivity contribution in [2.24, 2.45) is 0 Å². The van der Waals surface area contributed by atoms with Crippen molar-refractivity contribution in [3.05, 3.63) is 12.2 Å². The summed E-state index contributed by atoms with van der Waals surface area (Å²) in [6.45, 7) is 7.31. The van der Waals surface area contributed by atoms with Gasteiger partial charge >= 0.3 is 0 Å². The Bertz CT molecular complexity index is 118. The van der Waals surface area contributed by atoms with Gasteiger partial charge in [0.05, 0.1) is 0 Å². The number of likely N-dealkylation sites (tertiary alicyclic amines) is 1. The maximum atomic E-state index is 3.95. The average Bonchev–Trinajstić information content (AvgIpc) is 2.13. The molecule has 1 nitrogen and oxygen atoms in total. The minimum absolute atomic E-state index is 0.671. The molecule has 0 aliphatic carbocycles. The zero-order valence-electron chi connectivity index (χ0n) is 6.35. The lowest BCUT2D eigenvalue weighted by atomic mass is 10.1. The van der Waals surface area contributed by atoms with Crippen molar-refractivity contribution in [3.63, 3.8) is 0 Å². The molecule has 52 valence electrons. The van der Waals surface area contributed by atoms with Gasteiger partial charge in [0, 0.05) is 6.04 Å². The van der Waals surface area contributed by atoms with E-state index >= 15 is 0 Å². The second-order valence-electron chi connectivity index (χ2n) is 2.98. The predicted octanol–water partition coefficient (Wildman–Crippen LogP) is 1.66. The molecule has 0 amide bonds. The van der Waals surface area contributed by atoms with Crippen LogP contribution in [0.1, 0.15) is 19.8 Å². The van der Waals surface area contributed by atoms with Crippen LogP contribution in [0.25, 0.3) is 0 Å². The van der Waals surface area contributed by atoms with Gasteiger partial charge in [-0.1, -0.05) is 12.2 Å². The van der Waals surface area contributed by atoms with E-state index in [4.69, 9.17) is 0 Å². The van der Waals surface area contributed by atoms with Gasteiger partial charge in [0.2, 0.25) is 0 Å². The molecule has 0 aromatic rings. The molecular weight excluding hydrogens is 110 g/mol. The normalized spacial score (nSPS) is 28.9. The number of hydrogen-bond acceptors (Lipinski definition) is 1. The topological polar surface area (TPSA) is 3.24 Å². The highest BCUT2D eigenvalue weighted by atomic mass is 15.1. The Kier molecular flexibility index (Phi) is 1.91. The molecule has 1 saturated heterocycles. The van der Waals surface area contributed by atoms with E-state index in [2.05, 4.69) is 25.5 Å². The second-order valence-corrected chi connectivity index (χ2v) is 2.98. The Hall–Kier alpha value is -0.300. The number of likely N-dealkylation sites (N-methyl/N-ethyl adjacent to an activating group) is 1. The van der Waals surface area contributed by atoms with Crippen LogP contribution >= 0.6 is 0 Å². The van der Waals surface area contributed by atoms with Gasteiger partial charge < -0.3 is 0 Å². The first-order valence-corrected chi connectivity index (χ1v) is 3.57. The van der Waals surface area contributed by atoms with E-state index in [0.29, 0.717) is 6.04 Å². The molecule has 0 unspecified atom stereocenters. The van der Waals surface area contributed by atoms with E-state index in [1.165, 1.54) is 25.0 Å². The van der Waals surface area contributed by atoms with E-state index in [1.54, 1.807) is 0 Å². The molecule has 1 aliphatic rings. The summed E-state index contributed by atoms with van der Waals surface area (Å²) in [4.78, 5) is 2.38. The Morgan fingerprint density at radius 1 is 1.67 bits per heavy atom. The summed E-state index contributed by atoms with van der Waals surface area (Å²) in [6, 6.07) is 0.671. The zero-order valence-corrected chi connectivity index (χ0v) is 6.35. The Balaban J connectivity index is 2.49. The SMILES string of the molecule is C=C(C)[C@@H]1CCCN1C. The smallest absolute Gasteiger partial charge is 0.0299 e. The number of nitrogens with zero attached hydrogens (tertiary/aromatic N) is 1. The molecular formula is C8H15N. The van der Waals surface area contributed by atoms with Gasteiger partial charge in [-0.05, 0) is 33.4 Å². The van der Waals surface area contributed by atoms with Gasteiger partial charge in [0.25, 0.3) is 0 Å². The third kappa shape index (κ3) is 1.33. The standard InChI is InChI=1S/C8H15N/c1-7(2)8-5-4-6-9(8)3/h8H,1,4-6H2,2-3H3/t8-/m0/s1. The van der Waals surface area contributed by atoms with E-state index in [0.717, 1.165) is 0 Å². The lowest BCUT2D eigenvalue weighted by Crippen LogP contribution is -2.25. The van der Waals surface area contributed by atoms with Gasteiger partial charge in [-0.25, -0.2) is 0 Å². The summed E-state index contributed by atoms with van der Waals surface area (Å²) in [6.07, 6.45) is 2.65. The molecule has 0 saturated carbocycles. The maximum absolute atomic E-state index is 3.95. The van der Waals surface area contributed by atoms with Crippen LogP contribution in [-0.2, 0) is 0 Å². The molecule has 1 fully saturated rings. The summed E-state index contributed by atoms with van der Waals surface area (Å²) in [5.74, 6) is 0. The molecule has 9 heavy (non-hydrogen) atoms. The average molecular weight is 125 g/mol. The van der Waals surface area contributed by atoms with Crippen molar-refractivity contribution in [1.82, 2.24) is 4.90 Å². The molecule has 1 atom stereocenters. The van der Waals surface area contributed by atoms with Crippen LogP contribution in [-0.4, -0.2) is 24.5 Å². The van der Waals surface area contributed by atoms with E-state index < -0.39 is 0 Å². The molecule has 1 aliphatic heterocycles. The van der Waals surface area contributed by atoms with Crippen molar-refractivity contribution in [2.45, 2.75) is 25.8 Å². The van der Waals surface area contributed by atoms with Crippen molar-refractivity contribution in [3.8, 4) is 0 Å². The highest BCUT2D eigenvalue weighted by Crippen LogP contribution is 2.19. The second kappa shape index (κ2) is 2.53. The third-order valence-corrected chi connectivity index (χ3v) is 2.09. The summed E-state index contributed by atoms with van der Waals surface area (Å²) in [5.41, 5.74) is 1.31. The minimum atomic E-state index is 0.671. The Labute approximate surface area is 57.4 Å². The van der Waals surface area contributed by atoms with Crippen LogP contribution in [0.3, 0.4) is 0 Å². The van der Waals surface area contributed by atoms with Crippen LogP contribution in [0.2, 0.25) is 0 Å². The molecule has 0 radical (unpaired) electrons. The van der Waals surface area contributed by atoms with E-state index in [9.17, 15) is 0 Å². The fraction of sp³-hybridized carbons (Fsp3) is 0.750. The first-order chi connectivity index (χ1) is 4.22. The summed E-state index contributed by atoms with van der Waals surface area (Å²) in [5, 5.41) is 0. The van der Waals surface area contributed by atoms with Crippen LogP contribution in [0.4, 0.5) is 0 Å². The molecule has 0 bridgehead atoms. The summed E-state index contributed by atoms with van der Waals surface area (Å²) >= 11 is 0. The molecule has 0 spiro atoms. The zero-order chi connectivity index (χ0) is 6.85. The summed E-state index contributed by atoms with van der Waals surface area (Å²) in [7, 11) is 2.17. The van der Waals surface area contributed by atoms with E-state index in [-0.39, 0.29) is 0 Å². The fourth-order valence-electron chi connectivity index (χ4n) is 1.53. The third-order valence-electron chi connectivity index (χ3n) is 2.09. The van der Waals surface area contributed by atoms with Crippen LogP contribution in [0, 0.1) is 0 Å². The van der Waals surface area contributed by atoms with Gasteiger partial charge in [0.1, 0.15) is 0 Å². The number of rotatable bonds is 1. The molecule has 0 aromatic carbocycles. The maximum Gasteiger partial charge on any atom is 0.0299 e. The van der Waals surface area contributed by atoms with Gasteiger partial charge in [-0.2, -0.15) is 0 Å². The largest absolute Gasteiger partial charge is 0.300 e. The lowest BCUT2D eigenvalue weighted by Gasteiger charge is -2.18. The van der Waals surface area contributed by atoms with Crippen LogP contribution in [0.15, 0.2) is 12.2 Å². The quantitative estimate of drug-likeness (QED) is 0.482. The Morgan fingerprint density at radius 3 is 2.56 bits per heavy atom. The van der Waals surface area contributed by atoms with Gasteiger partial charge in [-0.15, -0.1) is 0 Å². The first-order valence-electron chi connectivity index (χ1n) is 3.57. The highest BCUT2D eigenvalue weighted by Gasteiger charge is 2.20. The van der Waals surface area contributed by atoms with Crippen LogP contribution < -0.4 is 0 Å². The van der Waals surface area contributed by atoms with E-state index in [1.807, 2.05) is 0 Å². The lowest BCUT2D eigenvalue weighted by molar-refractivity contribution is 0.345. The first kappa shape index (κ1) is 6.81. The number of hydrogen-bond donors (Lipinski definition) is 0. The minimum Gasteiger partial charge on any atom is -0.300 e. The fourth-order valence-corrected chi connectivity index (χ4v) is 1.53. The summed E-state index contributed by atoms with van der Waals surface area (Å²) < 4.78 is 0. The van der Waals surface area contributed by atoms with Gasteiger partial charge in [-0.3, -0.25) is 4.90 Å². The highest BCUT2D eigenvalue weighted by molar-refractivity contribution is 5.04. The monoisotopic (exact) mass is 125 g/mol. The van der Waals surface area contributed by atoms with Gasteiger partial charge in [0.15, 0.2) is 0 Å². The molecule has 0 aromatic heterocycles. The predicted molar refractivity (Wildman–Crippen MR) is 40.5 cm³/mol. The molecule has 1 heterocycles. The molecule has 1 rings (SSSR count). The van der Waals surface area contributed by atoms with Crippen molar-refractivity contribution in [1.29, 1.82) is 0 Å². The van der Waals surface area contributed by atoms with Crippen molar-refractivity contribution >= 4 is 0 Å². The molecule has 0 N–H and O–H groups in total. The van der Waals surface area contributed by atoms with Crippen molar-refractivity contribution in [2.75, 3.05) is 13.6 Å². The molecule has 1 heteroatoms.